The van der Waals surface area contributed by atoms with Gasteiger partial charge in [-0.05, 0) is 37.5 Å². The minimum absolute atomic E-state index is 0.0347. The number of nitrogens with two attached hydrogens (primary N) is 1. The Labute approximate surface area is 110 Å². The third-order valence-electron chi connectivity index (χ3n) is 4.37. The van der Waals surface area contributed by atoms with E-state index in [0.717, 1.165) is 32.6 Å². The lowest BCUT2D eigenvalue weighted by molar-refractivity contribution is -0.124. The zero-order valence-corrected chi connectivity index (χ0v) is 11.2. The van der Waals surface area contributed by atoms with Gasteiger partial charge in [-0.25, -0.2) is 0 Å². The summed E-state index contributed by atoms with van der Waals surface area (Å²) in [7, 11) is 0. The number of hydrogen-bond acceptors (Lipinski definition) is 3. The first-order chi connectivity index (χ1) is 8.77. The second-order valence-corrected chi connectivity index (χ2v) is 5.72. The van der Waals surface area contributed by atoms with Gasteiger partial charge in [0.25, 0.3) is 0 Å². The Bertz CT molecular complexity index is 259. The van der Waals surface area contributed by atoms with Crippen molar-refractivity contribution in [2.24, 2.45) is 17.6 Å². The van der Waals surface area contributed by atoms with Crippen molar-refractivity contribution in [1.82, 2.24) is 5.32 Å². The summed E-state index contributed by atoms with van der Waals surface area (Å²) in [6, 6.07) is -0.350. The molecule has 0 aromatic rings. The first-order valence-corrected chi connectivity index (χ1v) is 7.38. The molecule has 1 aliphatic heterocycles. The molecule has 1 aliphatic carbocycles. The maximum atomic E-state index is 12.0. The van der Waals surface area contributed by atoms with E-state index in [2.05, 4.69) is 5.32 Å². The van der Waals surface area contributed by atoms with Crippen LogP contribution in [0, 0.1) is 11.8 Å². The minimum atomic E-state index is -0.350. The lowest BCUT2D eigenvalue weighted by Crippen LogP contribution is -2.48. The molecule has 0 radical (unpaired) electrons. The van der Waals surface area contributed by atoms with E-state index in [1.165, 1.54) is 32.1 Å². The summed E-state index contributed by atoms with van der Waals surface area (Å²) < 4.78 is 5.30. The number of rotatable bonds is 4. The molecule has 4 heteroatoms. The number of hydrogen-bond donors (Lipinski definition) is 2. The highest BCUT2D eigenvalue weighted by molar-refractivity contribution is 5.81. The normalized spacial score (nSPS) is 24.7. The largest absolute Gasteiger partial charge is 0.381 e. The van der Waals surface area contributed by atoms with Crippen molar-refractivity contribution in [2.75, 3.05) is 19.8 Å². The van der Waals surface area contributed by atoms with Crippen molar-refractivity contribution in [3.05, 3.63) is 0 Å². The molecule has 104 valence electrons. The van der Waals surface area contributed by atoms with E-state index in [1.807, 2.05) is 0 Å². The summed E-state index contributed by atoms with van der Waals surface area (Å²) in [5, 5.41) is 3.04. The molecule has 0 aromatic carbocycles. The van der Waals surface area contributed by atoms with Gasteiger partial charge in [-0.15, -0.1) is 0 Å². The zero-order chi connectivity index (χ0) is 12.8. The smallest absolute Gasteiger partial charge is 0.237 e. The highest BCUT2D eigenvalue weighted by Crippen LogP contribution is 2.23. The Hall–Kier alpha value is -0.610. The van der Waals surface area contributed by atoms with E-state index in [1.54, 1.807) is 0 Å². The van der Waals surface area contributed by atoms with Crippen LogP contribution in [-0.2, 0) is 9.53 Å². The second-order valence-electron chi connectivity index (χ2n) is 5.72. The first kappa shape index (κ1) is 13.8. The summed E-state index contributed by atoms with van der Waals surface area (Å²) >= 11 is 0. The summed E-state index contributed by atoms with van der Waals surface area (Å²) in [5.74, 6) is 1.00. The molecule has 1 atom stereocenters. The fraction of sp³-hybridized carbons (Fsp3) is 0.929. The molecule has 18 heavy (non-hydrogen) atoms. The average molecular weight is 254 g/mol. The van der Waals surface area contributed by atoms with Crippen LogP contribution in [0.5, 0.6) is 0 Å². The van der Waals surface area contributed by atoms with Crippen molar-refractivity contribution in [2.45, 2.75) is 51.0 Å². The van der Waals surface area contributed by atoms with Crippen molar-refractivity contribution in [3.63, 3.8) is 0 Å². The van der Waals surface area contributed by atoms with E-state index in [0.29, 0.717) is 11.8 Å². The van der Waals surface area contributed by atoms with Crippen molar-refractivity contribution < 1.29 is 9.53 Å². The predicted octanol–water partition coefficient (Wildman–Crippen LogP) is 1.44. The van der Waals surface area contributed by atoms with Gasteiger partial charge in [0, 0.05) is 19.8 Å². The number of nitrogens with one attached hydrogen (secondary N) is 1. The molecule has 4 nitrogen and oxygen atoms in total. The number of ether oxygens (including phenoxy) is 1. The molecular formula is C14H26N2O2. The highest BCUT2D eigenvalue weighted by Gasteiger charge is 2.26. The monoisotopic (exact) mass is 254 g/mol. The van der Waals surface area contributed by atoms with E-state index >= 15 is 0 Å². The third-order valence-corrected chi connectivity index (χ3v) is 4.37. The maximum Gasteiger partial charge on any atom is 0.237 e. The molecule has 2 rings (SSSR count). The molecule has 1 amide bonds. The lowest BCUT2D eigenvalue weighted by atomic mass is 9.88. The Morgan fingerprint density at radius 3 is 2.50 bits per heavy atom. The Kier molecular flexibility index (Phi) is 5.45. The van der Waals surface area contributed by atoms with Gasteiger partial charge in [0.05, 0.1) is 6.04 Å². The van der Waals surface area contributed by atoms with Gasteiger partial charge in [0.15, 0.2) is 0 Å². The number of amides is 1. The van der Waals surface area contributed by atoms with Crippen LogP contribution in [0.15, 0.2) is 0 Å². The van der Waals surface area contributed by atoms with E-state index in [4.69, 9.17) is 10.5 Å². The fourth-order valence-corrected chi connectivity index (χ4v) is 3.04. The van der Waals surface area contributed by atoms with E-state index < -0.39 is 0 Å². The lowest BCUT2D eigenvalue weighted by Gasteiger charge is -2.28. The van der Waals surface area contributed by atoms with Gasteiger partial charge in [-0.2, -0.15) is 0 Å². The molecule has 0 bridgehead atoms. The zero-order valence-electron chi connectivity index (χ0n) is 11.2. The van der Waals surface area contributed by atoms with Crippen LogP contribution in [0.4, 0.5) is 0 Å². The van der Waals surface area contributed by atoms with Crippen LogP contribution in [0.1, 0.15) is 44.9 Å². The Morgan fingerprint density at radius 1 is 1.17 bits per heavy atom. The van der Waals surface area contributed by atoms with Crippen LogP contribution in [0.2, 0.25) is 0 Å². The Balaban J connectivity index is 1.69. The van der Waals surface area contributed by atoms with Crippen LogP contribution < -0.4 is 11.1 Å². The molecule has 2 fully saturated rings. The summed E-state index contributed by atoms with van der Waals surface area (Å²) in [4.78, 5) is 12.0. The number of carbonyl (C=O) groups excluding carboxylic acids is 1. The van der Waals surface area contributed by atoms with E-state index in [9.17, 15) is 4.79 Å². The van der Waals surface area contributed by atoms with Crippen LogP contribution in [0.25, 0.3) is 0 Å². The molecule has 0 spiro atoms. The van der Waals surface area contributed by atoms with Gasteiger partial charge >= 0.3 is 0 Å². The number of carbonyl (C=O) groups is 1. The minimum Gasteiger partial charge on any atom is -0.381 e. The topological polar surface area (TPSA) is 64.4 Å². The summed E-state index contributed by atoms with van der Waals surface area (Å²) in [6.07, 6.45) is 8.32. The maximum absolute atomic E-state index is 12.0. The standard InChI is InChI=1S/C14H26N2O2/c15-13(12-6-8-18-9-7-12)14(17)16-10-11-4-2-1-3-5-11/h11-13H,1-10,15H2,(H,16,17). The van der Waals surface area contributed by atoms with Crippen LogP contribution >= 0.6 is 0 Å². The van der Waals surface area contributed by atoms with Crippen LogP contribution in [-0.4, -0.2) is 31.7 Å². The van der Waals surface area contributed by atoms with Gasteiger partial charge in [-0.3, -0.25) is 4.79 Å². The highest BCUT2D eigenvalue weighted by atomic mass is 16.5. The first-order valence-electron chi connectivity index (χ1n) is 7.38. The quantitative estimate of drug-likeness (QED) is 0.798. The average Bonchev–Trinajstić information content (AvgIpc) is 2.46. The molecule has 2 aliphatic rings. The summed E-state index contributed by atoms with van der Waals surface area (Å²) in [6.45, 7) is 2.30. The van der Waals surface area contributed by atoms with Crippen molar-refractivity contribution in [3.8, 4) is 0 Å². The Morgan fingerprint density at radius 2 is 1.83 bits per heavy atom. The van der Waals surface area contributed by atoms with Crippen molar-refractivity contribution >= 4 is 5.91 Å². The fourth-order valence-electron chi connectivity index (χ4n) is 3.04. The van der Waals surface area contributed by atoms with Gasteiger partial charge in [0.1, 0.15) is 0 Å². The molecule has 1 heterocycles. The van der Waals surface area contributed by atoms with Gasteiger partial charge < -0.3 is 15.8 Å². The van der Waals surface area contributed by atoms with Gasteiger partial charge in [0.2, 0.25) is 5.91 Å². The molecular weight excluding hydrogens is 228 g/mol. The molecule has 1 unspecified atom stereocenters. The summed E-state index contributed by atoms with van der Waals surface area (Å²) in [5.41, 5.74) is 6.04. The van der Waals surface area contributed by atoms with Crippen LogP contribution in [0.3, 0.4) is 0 Å². The molecule has 1 saturated heterocycles. The molecule has 1 saturated carbocycles. The second kappa shape index (κ2) is 7.10. The predicted molar refractivity (Wildman–Crippen MR) is 71.1 cm³/mol. The van der Waals surface area contributed by atoms with E-state index in [-0.39, 0.29) is 11.9 Å². The van der Waals surface area contributed by atoms with Gasteiger partial charge in [-0.1, -0.05) is 19.3 Å². The SMILES string of the molecule is NC(C(=O)NCC1CCCCC1)C1CCOCC1. The van der Waals surface area contributed by atoms with Crippen molar-refractivity contribution in [1.29, 1.82) is 0 Å². The molecule has 0 aromatic heterocycles. The third kappa shape index (κ3) is 3.95. The molecule has 3 N–H and O–H groups in total.